The Morgan fingerprint density at radius 1 is 0.724 bits per heavy atom. The van der Waals surface area contributed by atoms with Gasteiger partial charge in [-0.3, -0.25) is 0 Å². The van der Waals surface area contributed by atoms with E-state index in [0.717, 1.165) is 0 Å². The molecule has 150 valence electrons. The molecule has 0 spiro atoms. The maximum absolute atomic E-state index is 15.6. The Labute approximate surface area is 172 Å². The van der Waals surface area contributed by atoms with Crippen LogP contribution < -0.4 is 12.1 Å². The van der Waals surface area contributed by atoms with Crippen LogP contribution >= 0.6 is 35.4 Å². The summed E-state index contributed by atoms with van der Waals surface area (Å²) in [5.74, 6) is 0.872. The first kappa shape index (κ1) is 20.1. The van der Waals surface area contributed by atoms with Crippen LogP contribution in [0.15, 0.2) is 101 Å². The second-order valence-electron chi connectivity index (χ2n) is 5.57. The van der Waals surface area contributed by atoms with Gasteiger partial charge in [-0.1, -0.05) is 0 Å². The second-order valence-corrected chi connectivity index (χ2v) is 13.7. The standard InChI is InChI=1S/C18H15F2IN3O3P2/c19-21(25-16-10-4-1-5-11-16)22-28(20)24-29(23-21,26-17-12-6-2-7-13-17)27-18-14-8-3-9-15-18/h1-15H/q+1. The maximum atomic E-state index is 15.6. The number of para-hydroxylation sites is 3. The summed E-state index contributed by atoms with van der Waals surface area (Å²) in [5.41, 5.74) is 0. The molecule has 1 aliphatic rings. The van der Waals surface area contributed by atoms with Crippen molar-refractivity contribution in [3.63, 3.8) is 0 Å². The fourth-order valence-electron chi connectivity index (χ4n) is 2.27. The predicted molar refractivity (Wildman–Crippen MR) is 119 cm³/mol. The molecule has 0 amide bonds. The van der Waals surface area contributed by atoms with Crippen molar-refractivity contribution >= 4 is 35.4 Å². The quantitative estimate of drug-likeness (QED) is 0.229. The fourth-order valence-corrected chi connectivity index (χ4v) is 12.7. The Morgan fingerprint density at radius 2 is 1.17 bits per heavy atom. The molecule has 0 aliphatic carbocycles. The molecule has 3 aromatic rings. The van der Waals surface area contributed by atoms with Gasteiger partial charge in [-0.25, -0.2) is 0 Å². The molecule has 2 unspecified atom stereocenters. The number of benzene rings is 3. The molecule has 0 aromatic heterocycles. The topological polar surface area (TPSA) is 64.8 Å². The Morgan fingerprint density at radius 3 is 1.66 bits per heavy atom. The Kier molecular flexibility index (Phi) is 5.99. The zero-order chi connectivity index (χ0) is 20.2. The van der Waals surface area contributed by atoms with Crippen LogP contribution in [-0.2, 0) is 0 Å². The van der Waals surface area contributed by atoms with Crippen LogP contribution in [0, 0.1) is 0 Å². The molecular weight excluding hydrogens is 533 g/mol. The summed E-state index contributed by atoms with van der Waals surface area (Å²) in [4.78, 5) is 0. The molecule has 0 radical (unpaired) electrons. The second kappa shape index (κ2) is 8.65. The van der Waals surface area contributed by atoms with Crippen LogP contribution in [0.3, 0.4) is 0 Å². The third-order valence-electron chi connectivity index (χ3n) is 3.40. The molecule has 0 saturated carbocycles. The molecule has 29 heavy (non-hydrogen) atoms. The minimum atomic E-state index is -5.29. The van der Waals surface area contributed by atoms with Crippen LogP contribution in [0.1, 0.15) is 0 Å². The van der Waals surface area contributed by atoms with Crippen molar-refractivity contribution in [1.82, 2.24) is 0 Å². The predicted octanol–water partition coefficient (Wildman–Crippen LogP) is 8.59. The van der Waals surface area contributed by atoms with Crippen molar-refractivity contribution in [1.29, 1.82) is 0 Å². The monoisotopic (exact) mass is 548 g/mol. The van der Waals surface area contributed by atoms with Crippen molar-refractivity contribution < 1.29 is 19.2 Å². The van der Waals surface area contributed by atoms with E-state index < -0.39 is 35.4 Å². The van der Waals surface area contributed by atoms with Crippen LogP contribution in [0.5, 0.6) is 17.2 Å². The van der Waals surface area contributed by atoms with Gasteiger partial charge >= 0.3 is 173 Å². The zero-order valence-corrected chi connectivity index (χ0v) is 18.7. The first-order chi connectivity index (χ1) is 14.0. The van der Waals surface area contributed by atoms with Crippen LogP contribution in [0.2, 0.25) is 0 Å². The van der Waals surface area contributed by atoms with Crippen LogP contribution in [0.25, 0.3) is 0 Å². The third kappa shape index (κ3) is 5.23. The van der Waals surface area contributed by atoms with Crippen molar-refractivity contribution in [3.05, 3.63) is 91.0 Å². The zero-order valence-electron chi connectivity index (χ0n) is 14.8. The molecule has 2 atom stereocenters. The van der Waals surface area contributed by atoms with Gasteiger partial charge in [-0.15, -0.1) is 0 Å². The summed E-state index contributed by atoms with van der Waals surface area (Å²) in [5, 5.41) is 0. The SMILES string of the molecule is F[P+]1=NP(Oc2ccccc2)(Oc2ccccc2)=NI(F)(Oc2ccccc2)=N1. The molecule has 6 nitrogen and oxygen atoms in total. The molecule has 0 saturated heterocycles. The van der Waals surface area contributed by atoms with E-state index in [0.29, 0.717) is 11.5 Å². The summed E-state index contributed by atoms with van der Waals surface area (Å²) >= 11 is -5.29. The molecule has 0 fully saturated rings. The fraction of sp³-hybridized carbons (Fsp3) is 0. The van der Waals surface area contributed by atoms with Gasteiger partial charge in [-0.05, 0) is 0 Å². The van der Waals surface area contributed by atoms with Gasteiger partial charge in [-0.2, -0.15) is 0 Å². The van der Waals surface area contributed by atoms with Crippen molar-refractivity contribution in [2.45, 2.75) is 0 Å². The Balaban J connectivity index is 1.80. The molecule has 1 heterocycles. The van der Waals surface area contributed by atoms with E-state index in [9.17, 15) is 4.20 Å². The third-order valence-corrected chi connectivity index (χ3v) is 13.4. The van der Waals surface area contributed by atoms with E-state index in [1.807, 2.05) is 0 Å². The van der Waals surface area contributed by atoms with Crippen LogP contribution in [0.4, 0.5) is 7.06 Å². The number of hydrogen-bond acceptors (Lipinski definition) is 6. The van der Waals surface area contributed by atoms with E-state index >= 15 is 2.86 Å². The number of rotatable bonds is 6. The first-order valence-corrected chi connectivity index (χ1v) is 14.6. The van der Waals surface area contributed by atoms with E-state index in [2.05, 4.69) is 10.4 Å². The first-order valence-electron chi connectivity index (χ1n) is 8.31. The molecule has 11 heteroatoms. The Bertz CT molecular complexity index is 1090. The number of halogens is 3. The van der Waals surface area contributed by atoms with E-state index in [-0.39, 0.29) is 5.75 Å². The van der Waals surface area contributed by atoms with Gasteiger partial charge < -0.3 is 0 Å². The summed E-state index contributed by atoms with van der Waals surface area (Å²) in [6.45, 7) is 0. The Hall–Kier alpha value is -2.22. The van der Waals surface area contributed by atoms with Crippen LogP contribution in [-0.4, -0.2) is 0 Å². The van der Waals surface area contributed by atoms with E-state index in [1.165, 1.54) is 0 Å². The van der Waals surface area contributed by atoms with Crippen molar-refractivity contribution in [2.75, 3.05) is 0 Å². The van der Waals surface area contributed by atoms with Crippen molar-refractivity contribution in [2.24, 2.45) is 10.4 Å². The van der Waals surface area contributed by atoms with Gasteiger partial charge in [0.05, 0.1) is 0 Å². The summed E-state index contributed by atoms with van der Waals surface area (Å²) in [7, 11) is -6.68. The number of nitrogens with zero attached hydrogens (tertiary/aromatic N) is 3. The van der Waals surface area contributed by atoms with Gasteiger partial charge in [0, 0.05) is 0 Å². The van der Waals surface area contributed by atoms with E-state index in [1.54, 1.807) is 91.0 Å². The molecule has 3 aromatic carbocycles. The summed E-state index contributed by atoms with van der Waals surface area (Å²) in [6.07, 6.45) is 0. The molecule has 0 N–H and O–H groups in total. The minimum absolute atomic E-state index is 0.210. The number of hydrogen-bond donors (Lipinski definition) is 0. The average molecular weight is 548 g/mol. The van der Waals surface area contributed by atoms with Gasteiger partial charge in [0.1, 0.15) is 0 Å². The summed E-state index contributed by atoms with van der Waals surface area (Å²) in [6, 6.07) is 25.2. The summed E-state index contributed by atoms with van der Waals surface area (Å²) < 4.78 is 58.8. The molecule has 0 bridgehead atoms. The molecule has 4 rings (SSSR count). The molecular formula is C18H15F2IN3O3P2+. The van der Waals surface area contributed by atoms with Gasteiger partial charge in [0.25, 0.3) is 0 Å². The van der Waals surface area contributed by atoms with Gasteiger partial charge in [0.2, 0.25) is 0 Å². The van der Waals surface area contributed by atoms with E-state index in [4.69, 9.17) is 12.1 Å². The van der Waals surface area contributed by atoms with Gasteiger partial charge in [0.15, 0.2) is 0 Å². The normalized spacial score (nSPS) is 23.3. The molecule has 1 aliphatic heterocycles. The average Bonchev–Trinajstić information content (AvgIpc) is 2.69. The van der Waals surface area contributed by atoms with Crippen molar-refractivity contribution in [3.8, 4) is 17.2 Å².